The molecule has 2 amide bonds. The average Bonchev–Trinajstić information content (AvgIpc) is 2.67. The molecule has 0 bridgehead atoms. The number of methoxy groups -OCH3 is 1. The lowest BCUT2D eigenvalue weighted by Crippen LogP contribution is -2.53. The molecule has 1 N–H and O–H groups in total. The van der Waals surface area contributed by atoms with Crippen LogP contribution in [0, 0.1) is 0 Å². The van der Waals surface area contributed by atoms with Gasteiger partial charge in [0.15, 0.2) is 0 Å². The third-order valence-corrected chi connectivity index (χ3v) is 4.59. The Hall–Kier alpha value is -2.82. The van der Waals surface area contributed by atoms with Crippen LogP contribution in [0.5, 0.6) is 5.75 Å². The zero-order valence-electron chi connectivity index (χ0n) is 18.1. The Morgan fingerprint density at radius 1 is 1.00 bits per heavy atom. The second-order valence-corrected chi connectivity index (χ2v) is 8.20. The maximum Gasteiger partial charge on any atom is 0.243 e. The van der Waals surface area contributed by atoms with Crippen molar-refractivity contribution in [3.8, 4) is 5.75 Å². The number of rotatable bonds is 8. The van der Waals surface area contributed by atoms with Gasteiger partial charge in [0, 0.05) is 12.1 Å². The van der Waals surface area contributed by atoms with E-state index in [0.29, 0.717) is 13.0 Å². The van der Waals surface area contributed by atoms with Gasteiger partial charge in [-0.2, -0.15) is 0 Å². The third kappa shape index (κ3) is 6.93. The van der Waals surface area contributed by atoms with Crippen LogP contribution in [-0.4, -0.2) is 35.4 Å². The normalized spacial score (nSPS) is 12.2. The number of ether oxygens (including phenoxy) is 1. The van der Waals surface area contributed by atoms with Crippen molar-refractivity contribution in [2.45, 2.75) is 58.7 Å². The van der Waals surface area contributed by atoms with Crippen molar-refractivity contribution in [2.75, 3.05) is 7.11 Å². The number of benzene rings is 2. The number of amides is 2. The van der Waals surface area contributed by atoms with Crippen molar-refractivity contribution in [3.05, 3.63) is 65.7 Å². The van der Waals surface area contributed by atoms with Crippen molar-refractivity contribution >= 4 is 11.8 Å². The Morgan fingerprint density at radius 3 is 2.14 bits per heavy atom. The van der Waals surface area contributed by atoms with Crippen LogP contribution in [0.25, 0.3) is 0 Å². The summed E-state index contributed by atoms with van der Waals surface area (Å²) in [6, 6.07) is 16.7. The predicted octanol–water partition coefficient (Wildman–Crippen LogP) is 3.96. The molecular weight excluding hydrogens is 364 g/mol. The van der Waals surface area contributed by atoms with Gasteiger partial charge in [0.2, 0.25) is 11.8 Å². The van der Waals surface area contributed by atoms with Crippen LogP contribution in [0.4, 0.5) is 0 Å². The van der Waals surface area contributed by atoms with Gasteiger partial charge in [0.25, 0.3) is 0 Å². The molecule has 1 unspecified atom stereocenters. The average molecular weight is 397 g/mol. The quantitative estimate of drug-likeness (QED) is 0.735. The Kier molecular flexibility index (Phi) is 7.82. The molecule has 0 spiro atoms. The van der Waals surface area contributed by atoms with E-state index in [4.69, 9.17) is 4.74 Å². The monoisotopic (exact) mass is 396 g/mol. The van der Waals surface area contributed by atoms with Crippen LogP contribution in [0.3, 0.4) is 0 Å². The molecule has 2 rings (SSSR count). The highest BCUT2D eigenvalue weighted by atomic mass is 16.5. The van der Waals surface area contributed by atoms with Crippen molar-refractivity contribution in [3.63, 3.8) is 0 Å². The van der Waals surface area contributed by atoms with Gasteiger partial charge in [0.1, 0.15) is 11.8 Å². The summed E-state index contributed by atoms with van der Waals surface area (Å²) >= 11 is 0. The molecule has 29 heavy (non-hydrogen) atoms. The number of hydrogen-bond donors (Lipinski definition) is 1. The fourth-order valence-electron chi connectivity index (χ4n) is 3.17. The lowest BCUT2D eigenvalue weighted by molar-refractivity contribution is -0.141. The van der Waals surface area contributed by atoms with Crippen LogP contribution in [0.2, 0.25) is 0 Å². The van der Waals surface area contributed by atoms with Gasteiger partial charge < -0.3 is 15.0 Å². The molecule has 0 aliphatic rings. The minimum absolute atomic E-state index is 0.0741. The van der Waals surface area contributed by atoms with Gasteiger partial charge in [-0.3, -0.25) is 9.59 Å². The maximum absolute atomic E-state index is 13.3. The van der Waals surface area contributed by atoms with Crippen LogP contribution in [0.15, 0.2) is 54.6 Å². The van der Waals surface area contributed by atoms with Gasteiger partial charge in [-0.1, -0.05) is 49.4 Å². The smallest absolute Gasteiger partial charge is 0.243 e. The fraction of sp³-hybridized carbons (Fsp3) is 0.417. The maximum atomic E-state index is 13.3. The molecule has 1 atom stereocenters. The highest BCUT2D eigenvalue weighted by Gasteiger charge is 2.30. The number of nitrogens with one attached hydrogen (secondary N) is 1. The Balaban J connectivity index is 2.26. The highest BCUT2D eigenvalue weighted by Crippen LogP contribution is 2.17. The minimum atomic E-state index is -0.528. The standard InChI is InChI=1S/C24H32N2O3/c1-6-21(23(28)25-24(2,3)4)26(17-19-10-8-7-9-11-19)22(27)16-18-12-14-20(29-5)15-13-18/h7-15,21H,6,16-17H2,1-5H3,(H,25,28). The summed E-state index contributed by atoms with van der Waals surface area (Å²) < 4.78 is 5.19. The molecule has 0 aliphatic heterocycles. The van der Waals surface area contributed by atoms with Gasteiger partial charge >= 0.3 is 0 Å². The molecule has 0 fully saturated rings. The molecule has 0 saturated heterocycles. The van der Waals surface area contributed by atoms with Gasteiger partial charge in [-0.15, -0.1) is 0 Å². The summed E-state index contributed by atoms with van der Waals surface area (Å²) in [5.41, 5.74) is 1.53. The zero-order chi connectivity index (χ0) is 21.4. The van der Waals surface area contributed by atoms with Gasteiger partial charge in [-0.05, 0) is 50.5 Å². The fourth-order valence-corrected chi connectivity index (χ4v) is 3.17. The first-order valence-corrected chi connectivity index (χ1v) is 10.0. The van der Waals surface area contributed by atoms with Crippen LogP contribution in [-0.2, 0) is 22.6 Å². The third-order valence-electron chi connectivity index (χ3n) is 4.59. The van der Waals surface area contributed by atoms with Crippen molar-refractivity contribution < 1.29 is 14.3 Å². The van der Waals surface area contributed by atoms with Crippen LogP contribution in [0.1, 0.15) is 45.2 Å². The number of hydrogen-bond acceptors (Lipinski definition) is 3. The van der Waals surface area contributed by atoms with Gasteiger partial charge in [0.05, 0.1) is 13.5 Å². The zero-order valence-corrected chi connectivity index (χ0v) is 18.1. The Bertz CT molecular complexity index is 795. The second-order valence-electron chi connectivity index (χ2n) is 8.20. The molecule has 0 saturated carbocycles. The van der Waals surface area contributed by atoms with E-state index in [2.05, 4.69) is 5.32 Å². The SMILES string of the molecule is CCC(C(=O)NC(C)(C)C)N(Cc1ccccc1)C(=O)Cc1ccc(OC)cc1. The van der Waals surface area contributed by atoms with E-state index in [1.165, 1.54) is 0 Å². The van der Waals surface area contributed by atoms with E-state index in [1.807, 2.05) is 82.3 Å². The summed E-state index contributed by atoms with van der Waals surface area (Å²) in [6.07, 6.45) is 0.777. The van der Waals surface area contributed by atoms with Crippen molar-refractivity contribution in [1.82, 2.24) is 10.2 Å². The topological polar surface area (TPSA) is 58.6 Å². The minimum Gasteiger partial charge on any atom is -0.497 e. The summed E-state index contributed by atoms with van der Waals surface area (Å²) in [5, 5.41) is 3.02. The number of carbonyl (C=O) groups is 2. The van der Waals surface area contributed by atoms with E-state index in [0.717, 1.165) is 16.9 Å². The first kappa shape index (κ1) is 22.5. The van der Waals surface area contributed by atoms with E-state index >= 15 is 0 Å². The molecular formula is C24H32N2O3. The molecule has 0 heterocycles. The summed E-state index contributed by atoms with van der Waals surface area (Å²) in [7, 11) is 1.61. The number of carbonyl (C=O) groups excluding carboxylic acids is 2. The predicted molar refractivity (Wildman–Crippen MR) is 116 cm³/mol. The molecule has 5 nitrogen and oxygen atoms in total. The van der Waals surface area contributed by atoms with E-state index in [9.17, 15) is 9.59 Å². The van der Waals surface area contributed by atoms with Crippen LogP contribution < -0.4 is 10.1 Å². The largest absolute Gasteiger partial charge is 0.497 e. The second kappa shape index (κ2) is 10.1. The first-order valence-electron chi connectivity index (χ1n) is 10.0. The van der Waals surface area contributed by atoms with E-state index < -0.39 is 6.04 Å². The number of nitrogens with zero attached hydrogens (tertiary/aromatic N) is 1. The van der Waals surface area contributed by atoms with Crippen LogP contribution >= 0.6 is 0 Å². The summed E-state index contributed by atoms with van der Waals surface area (Å²) in [5.74, 6) is 0.548. The van der Waals surface area contributed by atoms with E-state index in [-0.39, 0.29) is 23.8 Å². The summed E-state index contributed by atoms with van der Waals surface area (Å²) in [4.78, 5) is 27.9. The molecule has 0 aliphatic carbocycles. The molecule has 5 heteroatoms. The summed E-state index contributed by atoms with van der Waals surface area (Å²) in [6.45, 7) is 8.16. The first-order chi connectivity index (χ1) is 13.7. The molecule has 2 aromatic rings. The Morgan fingerprint density at radius 2 is 1.62 bits per heavy atom. The highest BCUT2D eigenvalue weighted by molar-refractivity contribution is 5.88. The lowest BCUT2D eigenvalue weighted by Gasteiger charge is -2.33. The molecule has 156 valence electrons. The van der Waals surface area contributed by atoms with Crippen molar-refractivity contribution in [2.24, 2.45) is 0 Å². The molecule has 2 aromatic carbocycles. The van der Waals surface area contributed by atoms with E-state index in [1.54, 1.807) is 12.0 Å². The molecule has 0 aromatic heterocycles. The Labute approximate surface area is 174 Å². The van der Waals surface area contributed by atoms with Gasteiger partial charge in [-0.25, -0.2) is 0 Å². The van der Waals surface area contributed by atoms with Crippen molar-refractivity contribution in [1.29, 1.82) is 0 Å². The molecule has 0 radical (unpaired) electrons. The lowest BCUT2D eigenvalue weighted by atomic mass is 10.0.